The fraction of sp³-hybridized carbons (Fsp3) is 0.200. The summed E-state index contributed by atoms with van der Waals surface area (Å²) in [7, 11) is 0. The van der Waals surface area contributed by atoms with E-state index in [0.717, 1.165) is 32.5 Å². The van der Waals surface area contributed by atoms with Crippen molar-refractivity contribution < 1.29 is 9.50 Å². The van der Waals surface area contributed by atoms with E-state index in [1.165, 1.54) is 6.07 Å². The van der Waals surface area contributed by atoms with Crippen LogP contribution in [0.15, 0.2) is 18.2 Å². The van der Waals surface area contributed by atoms with Crippen LogP contribution >= 0.6 is 11.3 Å². The van der Waals surface area contributed by atoms with Crippen LogP contribution in [0.4, 0.5) is 4.39 Å². The van der Waals surface area contributed by atoms with E-state index in [4.69, 9.17) is 5.11 Å². The Morgan fingerprint density at radius 1 is 1.38 bits per heavy atom. The minimum absolute atomic E-state index is 0.00818. The summed E-state index contributed by atoms with van der Waals surface area (Å²) in [6.45, 7) is 1.94. The summed E-state index contributed by atoms with van der Waals surface area (Å²) in [6, 6.07) is 5.21. The Kier molecular flexibility index (Phi) is 2.06. The maximum absolute atomic E-state index is 12.9. The predicted octanol–water partition coefficient (Wildman–Crippen LogP) is 2.84. The van der Waals surface area contributed by atoms with E-state index in [9.17, 15) is 4.39 Å². The third-order valence-electron chi connectivity index (χ3n) is 2.01. The van der Waals surface area contributed by atoms with Gasteiger partial charge in [-0.25, -0.2) is 0 Å². The van der Waals surface area contributed by atoms with Crippen molar-refractivity contribution >= 4 is 21.4 Å². The van der Waals surface area contributed by atoms with Crippen molar-refractivity contribution in [3.8, 4) is 0 Å². The van der Waals surface area contributed by atoms with Crippen molar-refractivity contribution in [3.05, 3.63) is 34.5 Å². The largest absolute Gasteiger partial charge is 0.392 e. The molecule has 1 N–H and O–H groups in total. The second-order valence-electron chi connectivity index (χ2n) is 3.04. The van der Waals surface area contributed by atoms with Gasteiger partial charge in [0.25, 0.3) is 0 Å². The zero-order valence-corrected chi connectivity index (χ0v) is 7.99. The molecule has 3 heteroatoms. The van der Waals surface area contributed by atoms with Gasteiger partial charge in [-0.05, 0) is 35.6 Å². The van der Waals surface area contributed by atoms with Crippen LogP contribution in [-0.4, -0.2) is 5.11 Å². The summed E-state index contributed by atoms with van der Waals surface area (Å²) in [4.78, 5) is 0. The van der Waals surface area contributed by atoms with E-state index in [-0.39, 0.29) is 11.7 Å². The first-order valence-electron chi connectivity index (χ1n) is 4.00. The summed E-state index contributed by atoms with van der Waals surface area (Å²) in [5.41, 5.74) is 1.86. The zero-order chi connectivity index (χ0) is 9.42. The summed E-state index contributed by atoms with van der Waals surface area (Å²) in [5.74, 6) is 0. The number of benzene rings is 1. The predicted molar refractivity (Wildman–Crippen MR) is 52.4 cm³/mol. The summed E-state index contributed by atoms with van der Waals surface area (Å²) < 4.78 is 13.9. The Morgan fingerprint density at radius 2 is 2.15 bits per heavy atom. The fourth-order valence-electron chi connectivity index (χ4n) is 1.47. The first-order chi connectivity index (χ1) is 6.20. The van der Waals surface area contributed by atoms with Gasteiger partial charge in [0.1, 0.15) is 0 Å². The van der Waals surface area contributed by atoms with Crippen LogP contribution in [-0.2, 0) is 6.61 Å². The van der Waals surface area contributed by atoms with Gasteiger partial charge in [-0.1, -0.05) is 6.07 Å². The Bertz CT molecular complexity index is 447. The monoisotopic (exact) mass is 196 g/mol. The molecule has 0 atom stereocenters. The van der Waals surface area contributed by atoms with E-state index in [0.29, 0.717) is 0 Å². The van der Waals surface area contributed by atoms with E-state index in [1.54, 1.807) is 0 Å². The van der Waals surface area contributed by atoms with Gasteiger partial charge in [-0.2, -0.15) is 4.39 Å². The molecule has 0 aliphatic heterocycles. The molecule has 0 aliphatic rings. The molecule has 1 aromatic carbocycles. The van der Waals surface area contributed by atoms with E-state index in [2.05, 4.69) is 0 Å². The molecule has 0 aliphatic carbocycles. The number of aliphatic hydroxyl groups excluding tert-OH is 1. The highest BCUT2D eigenvalue weighted by Crippen LogP contribution is 2.28. The first kappa shape index (κ1) is 8.66. The molecule has 13 heavy (non-hydrogen) atoms. The highest BCUT2D eigenvalue weighted by molar-refractivity contribution is 7.17. The maximum Gasteiger partial charge on any atom is 0.177 e. The van der Waals surface area contributed by atoms with E-state index >= 15 is 0 Å². The average Bonchev–Trinajstić information content (AvgIpc) is 2.46. The van der Waals surface area contributed by atoms with Gasteiger partial charge in [0.05, 0.1) is 6.61 Å². The number of fused-ring (bicyclic) bond motifs is 1. The number of thiophene rings is 1. The van der Waals surface area contributed by atoms with Gasteiger partial charge in [-0.15, -0.1) is 11.3 Å². The van der Waals surface area contributed by atoms with Crippen LogP contribution < -0.4 is 0 Å². The van der Waals surface area contributed by atoms with Crippen molar-refractivity contribution in [3.63, 3.8) is 0 Å². The summed E-state index contributed by atoms with van der Waals surface area (Å²) >= 11 is 1.15. The number of hydrogen-bond donors (Lipinski definition) is 1. The quantitative estimate of drug-likeness (QED) is 0.743. The highest BCUT2D eigenvalue weighted by atomic mass is 32.1. The normalized spacial score (nSPS) is 11.0. The third-order valence-corrected chi connectivity index (χ3v) is 3.09. The maximum atomic E-state index is 12.9. The van der Waals surface area contributed by atoms with Crippen LogP contribution in [0.3, 0.4) is 0 Å². The second kappa shape index (κ2) is 3.09. The van der Waals surface area contributed by atoms with Crippen LogP contribution in [0.5, 0.6) is 0 Å². The molecule has 1 aromatic heterocycles. The Morgan fingerprint density at radius 3 is 2.85 bits per heavy atom. The summed E-state index contributed by atoms with van der Waals surface area (Å²) in [5, 5.41) is 9.65. The molecule has 0 radical (unpaired) electrons. The summed E-state index contributed by atoms with van der Waals surface area (Å²) in [6.07, 6.45) is 0. The molecular weight excluding hydrogens is 187 g/mol. The topological polar surface area (TPSA) is 20.2 Å². The molecule has 0 saturated carbocycles. The minimum atomic E-state index is -0.173. The van der Waals surface area contributed by atoms with Crippen LogP contribution in [0, 0.1) is 12.1 Å². The van der Waals surface area contributed by atoms with Crippen molar-refractivity contribution in [2.75, 3.05) is 0 Å². The Balaban J connectivity index is 2.75. The third kappa shape index (κ3) is 1.45. The molecular formula is C10H9FOS. The van der Waals surface area contributed by atoms with Gasteiger partial charge < -0.3 is 5.11 Å². The van der Waals surface area contributed by atoms with Crippen LogP contribution in [0.2, 0.25) is 0 Å². The molecule has 2 aromatic rings. The molecule has 0 fully saturated rings. The van der Waals surface area contributed by atoms with Crippen molar-refractivity contribution in [2.24, 2.45) is 0 Å². The number of halogens is 1. The lowest BCUT2D eigenvalue weighted by atomic mass is 10.1. The van der Waals surface area contributed by atoms with Crippen molar-refractivity contribution in [2.45, 2.75) is 13.5 Å². The van der Waals surface area contributed by atoms with E-state index < -0.39 is 0 Å². The van der Waals surface area contributed by atoms with Crippen LogP contribution in [0.25, 0.3) is 10.1 Å². The van der Waals surface area contributed by atoms with Crippen molar-refractivity contribution in [1.29, 1.82) is 0 Å². The van der Waals surface area contributed by atoms with Crippen LogP contribution in [0.1, 0.15) is 11.1 Å². The molecule has 68 valence electrons. The van der Waals surface area contributed by atoms with Gasteiger partial charge in [0, 0.05) is 4.70 Å². The van der Waals surface area contributed by atoms with Gasteiger partial charge in [-0.3, -0.25) is 0 Å². The zero-order valence-electron chi connectivity index (χ0n) is 7.17. The smallest absolute Gasteiger partial charge is 0.177 e. The number of rotatable bonds is 1. The minimum Gasteiger partial charge on any atom is -0.392 e. The number of aryl methyl sites for hydroxylation is 1. The standard InChI is InChI=1S/C10H9FOS/c1-6-2-7(5-12)3-8-4-9(11)13-10(6)8/h2-4,12H,5H2,1H3. The van der Waals surface area contributed by atoms with E-state index in [1.807, 2.05) is 19.1 Å². The lowest BCUT2D eigenvalue weighted by Crippen LogP contribution is -1.83. The highest BCUT2D eigenvalue weighted by Gasteiger charge is 2.05. The van der Waals surface area contributed by atoms with Gasteiger partial charge in [0.15, 0.2) is 5.13 Å². The Labute approximate surface area is 79.4 Å². The fourth-order valence-corrected chi connectivity index (χ4v) is 2.30. The number of hydrogen-bond acceptors (Lipinski definition) is 2. The molecule has 0 bridgehead atoms. The SMILES string of the molecule is Cc1cc(CO)cc2cc(F)sc12. The molecule has 0 amide bonds. The molecule has 1 heterocycles. The molecule has 0 spiro atoms. The van der Waals surface area contributed by atoms with Gasteiger partial charge in [0.2, 0.25) is 0 Å². The first-order valence-corrected chi connectivity index (χ1v) is 4.82. The molecule has 0 unspecified atom stereocenters. The van der Waals surface area contributed by atoms with Gasteiger partial charge >= 0.3 is 0 Å². The molecule has 2 rings (SSSR count). The second-order valence-corrected chi connectivity index (χ2v) is 4.04. The average molecular weight is 196 g/mol. The lowest BCUT2D eigenvalue weighted by Gasteiger charge is -1.99. The number of aliphatic hydroxyl groups is 1. The van der Waals surface area contributed by atoms with Crippen molar-refractivity contribution in [1.82, 2.24) is 0 Å². The molecule has 1 nitrogen and oxygen atoms in total. The molecule has 0 saturated heterocycles. The Hall–Kier alpha value is -0.930. The lowest BCUT2D eigenvalue weighted by molar-refractivity contribution is 0.282.